The molecule has 2 N–H and O–H groups in total. The van der Waals surface area contributed by atoms with E-state index in [1.807, 2.05) is 11.9 Å². The van der Waals surface area contributed by atoms with Crippen molar-refractivity contribution in [2.75, 3.05) is 7.05 Å². The van der Waals surface area contributed by atoms with Crippen molar-refractivity contribution in [3.8, 4) is 0 Å². The standard InChI is InChI=1S/C13H24N2O/c1-3-4-11(14)13(16)15(2)12(9-5-6-9)10-7-8-10/h9-12H,3-8,14H2,1-2H3. The molecule has 1 atom stereocenters. The van der Waals surface area contributed by atoms with Crippen LogP contribution in [-0.4, -0.2) is 29.9 Å². The van der Waals surface area contributed by atoms with E-state index in [4.69, 9.17) is 5.73 Å². The molecule has 0 aromatic rings. The van der Waals surface area contributed by atoms with E-state index in [-0.39, 0.29) is 11.9 Å². The Bertz CT molecular complexity index is 247. The van der Waals surface area contributed by atoms with Gasteiger partial charge in [-0.25, -0.2) is 0 Å². The summed E-state index contributed by atoms with van der Waals surface area (Å²) < 4.78 is 0. The Morgan fingerprint density at radius 1 is 1.31 bits per heavy atom. The Balaban J connectivity index is 1.93. The van der Waals surface area contributed by atoms with E-state index >= 15 is 0 Å². The summed E-state index contributed by atoms with van der Waals surface area (Å²) in [6.45, 7) is 2.08. The van der Waals surface area contributed by atoms with Crippen LogP contribution in [0.2, 0.25) is 0 Å². The number of hydrogen-bond acceptors (Lipinski definition) is 2. The van der Waals surface area contributed by atoms with Crippen LogP contribution in [0.15, 0.2) is 0 Å². The smallest absolute Gasteiger partial charge is 0.239 e. The largest absolute Gasteiger partial charge is 0.341 e. The molecule has 2 saturated carbocycles. The van der Waals surface area contributed by atoms with Crippen molar-refractivity contribution < 1.29 is 4.79 Å². The van der Waals surface area contributed by atoms with Crippen molar-refractivity contribution >= 4 is 5.91 Å². The third kappa shape index (κ3) is 2.57. The summed E-state index contributed by atoms with van der Waals surface area (Å²) in [6, 6.07) is 0.213. The van der Waals surface area contributed by atoms with Crippen molar-refractivity contribution in [3.05, 3.63) is 0 Å². The number of nitrogens with two attached hydrogens (primary N) is 1. The number of carbonyl (C=O) groups is 1. The highest BCUT2D eigenvalue weighted by Gasteiger charge is 2.45. The predicted molar refractivity (Wildman–Crippen MR) is 64.9 cm³/mol. The van der Waals surface area contributed by atoms with Crippen LogP contribution in [0.3, 0.4) is 0 Å². The molecule has 0 saturated heterocycles. The monoisotopic (exact) mass is 224 g/mol. The van der Waals surface area contributed by atoms with Crippen LogP contribution in [-0.2, 0) is 4.79 Å². The fourth-order valence-electron chi connectivity index (χ4n) is 2.74. The van der Waals surface area contributed by atoms with E-state index < -0.39 is 0 Å². The maximum atomic E-state index is 12.1. The summed E-state index contributed by atoms with van der Waals surface area (Å²) in [4.78, 5) is 14.1. The van der Waals surface area contributed by atoms with Gasteiger partial charge in [0.15, 0.2) is 0 Å². The minimum atomic E-state index is -0.282. The first-order valence-electron chi connectivity index (χ1n) is 6.67. The van der Waals surface area contributed by atoms with Gasteiger partial charge in [0.25, 0.3) is 0 Å². The summed E-state index contributed by atoms with van der Waals surface area (Å²) in [5, 5.41) is 0. The molecule has 1 amide bonds. The van der Waals surface area contributed by atoms with Gasteiger partial charge in [-0.1, -0.05) is 13.3 Å². The molecule has 1 unspecified atom stereocenters. The number of rotatable bonds is 6. The van der Waals surface area contributed by atoms with Crippen molar-refractivity contribution in [2.45, 2.75) is 57.5 Å². The maximum Gasteiger partial charge on any atom is 0.239 e. The molecule has 2 rings (SSSR count). The van der Waals surface area contributed by atoms with Gasteiger partial charge in [0.1, 0.15) is 0 Å². The minimum absolute atomic E-state index is 0.158. The molecule has 92 valence electrons. The van der Waals surface area contributed by atoms with Crippen LogP contribution in [0.5, 0.6) is 0 Å². The van der Waals surface area contributed by atoms with E-state index in [0.29, 0.717) is 6.04 Å². The van der Waals surface area contributed by atoms with Crippen LogP contribution in [0.1, 0.15) is 45.4 Å². The van der Waals surface area contributed by atoms with Gasteiger partial charge >= 0.3 is 0 Å². The zero-order chi connectivity index (χ0) is 11.7. The number of nitrogens with zero attached hydrogens (tertiary/aromatic N) is 1. The highest BCUT2D eigenvalue weighted by atomic mass is 16.2. The Morgan fingerprint density at radius 2 is 1.81 bits per heavy atom. The SMILES string of the molecule is CCCC(N)C(=O)N(C)C(C1CC1)C1CC1. The van der Waals surface area contributed by atoms with E-state index in [9.17, 15) is 4.79 Å². The molecule has 2 fully saturated rings. The van der Waals surface area contributed by atoms with Gasteiger partial charge < -0.3 is 10.6 Å². The van der Waals surface area contributed by atoms with Gasteiger partial charge in [-0.3, -0.25) is 4.79 Å². The van der Waals surface area contributed by atoms with Crippen molar-refractivity contribution in [3.63, 3.8) is 0 Å². The molecule has 2 aliphatic rings. The summed E-state index contributed by atoms with van der Waals surface area (Å²) in [5.41, 5.74) is 5.92. The summed E-state index contributed by atoms with van der Waals surface area (Å²) in [5.74, 6) is 1.70. The zero-order valence-electron chi connectivity index (χ0n) is 10.5. The van der Waals surface area contributed by atoms with E-state index in [1.54, 1.807) is 0 Å². The van der Waals surface area contributed by atoms with Crippen LogP contribution in [0.25, 0.3) is 0 Å². The Hall–Kier alpha value is -0.570. The van der Waals surface area contributed by atoms with E-state index in [2.05, 4.69) is 6.92 Å². The molecule has 0 heterocycles. The molecular formula is C13H24N2O. The molecule has 3 heteroatoms. The topological polar surface area (TPSA) is 46.3 Å². The Kier molecular flexibility index (Phi) is 3.53. The fourth-order valence-corrected chi connectivity index (χ4v) is 2.74. The molecule has 3 nitrogen and oxygen atoms in total. The summed E-state index contributed by atoms with van der Waals surface area (Å²) in [7, 11) is 1.96. The molecular weight excluding hydrogens is 200 g/mol. The molecule has 0 bridgehead atoms. The van der Waals surface area contributed by atoms with Crippen LogP contribution >= 0.6 is 0 Å². The normalized spacial score (nSPS) is 22.2. The van der Waals surface area contributed by atoms with Gasteiger partial charge in [-0.2, -0.15) is 0 Å². The van der Waals surface area contributed by atoms with Crippen molar-refractivity contribution in [2.24, 2.45) is 17.6 Å². The maximum absolute atomic E-state index is 12.1. The van der Waals surface area contributed by atoms with Gasteiger partial charge in [0.05, 0.1) is 6.04 Å². The van der Waals surface area contributed by atoms with Gasteiger partial charge in [0.2, 0.25) is 5.91 Å². The molecule has 0 radical (unpaired) electrons. The molecule has 0 aliphatic heterocycles. The summed E-state index contributed by atoms with van der Waals surface area (Å²) >= 11 is 0. The lowest BCUT2D eigenvalue weighted by molar-refractivity contribution is -0.134. The summed E-state index contributed by atoms with van der Waals surface area (Å²) in [6.07, 6.45) is 7.02. The molecule has 0 aromatic heterocycles. The van der Waals surface area contributed by atoms with E-state index in [1.165, 1.54) is 25.7 Å². The number of amides is 1. The lowest BCUT2D eigenvalue weighted by Crippen LogP contribution is -2.48. The molecule has 0 aromatic carbocycles. The second kappa shape index (κ2) is 4.74. The Morgan fingerprint density at radius 3 is 2.19 bits per heavy atom. The number of carbonyl (C=O) groups excluding carboxylic acids is 1. The lowest BCUT2D eigenvalue weighted by Gasteiger charge is -2.30. The fraction of sp³-hybridized carbons (Fsp3) is 0.923. The average Bonchev–Trinajstić information content (AvgIpc) is 3.10. The van der Waals surface area contributed by atoms with Crippen molar-refractivity contribution in [1.82, 2.24) is 4.90 Å². The second-order valence-corrected chi connectivity index (χ2v) is 5.51. The van der Waals surface area contributed by atoms with Crippen LogP contribution in [0, 0.1) is 11.8 Å². The molecule has 0 spiro atoms. The highest BCUT2D eigenvalue weighted by Crippen LogP contribution is 2.46. The minimum Gasteiger partial charge on any atom is -0.341 e. The first-order valence-corrected chi connectivity index (χ1v) is 6.67. The van der Waals surface area contributed by atoms with Crippen molar-refractivity contribution in [1.29, 1.82) is 0 Å². The lowest BCUT2D eigenvalue weighted by atomic mass is 10.0. The zero-order valence-corrected chi connectivity index (χ0v) is 10.5. The number of likely N-dealkylation sites (N-methyl/N-ethyl adjacent to an activating group) is 1. The second-order valence-electron chi connectivity index (χ2n) is 5.51. The third-order valence-corrected chi connectivity index (χ3v) is 3.92. The molecule has 16 heavy (non-hydrogen) atoms. The third-order valence-electron chi connectivity index (χ3n) is 3.92. The van der Waals surface area contributed by atoms with Crippen LogP contribution in [0.4, 0.5) is 0 Å². The van der Waals surface area contributed by atoms with Gasteiger partial charge in [-0.15, -0.1) is 0 Å². The quantitative estimate of drug-likeness (QED) is 0.747. The van der Waals surface area contributed by atoms with Crippen LogP contribution < -0.4 is 5.73 Å². The highest BCUT2D eigenvalue weighted by molar-refractivity contribution is 5.81. The average molecular weight is 224 g/mol. The first kappa shape index (κ1) is 11.9. The first-order chi connectivity index (χ1) is 7.65. The van der Waals surface area contributed by atoms with Gasteiger partial charge in [0, 0.05) is 13.1 Å². The van der Waals surface area contributed by atoms with Gasteiger partial charge in [-0.05, 0) is 43.9 Å². The van der Waals surface area contributed by atoms with E-state index in [0.717, 1.165) is 24.7 Å². The predicted octanol–water partition coefficient (Wildman–Crippen LogP) is 1.76. The number of hydrogen-bond donors (Lipinski definition) is 1. The molecule has 2 aliphatic carbocycles. The Labute approximate surface area is 98.4 Å².